The quantitative estimate of drug-likeness (QED) is 0.571. The van der Waals surface area contributed by atoms with Crippen molar-refractivity contribution in [1.82, 2.24) is 14.5 Å². The van der Waals surface area contributed by atoms with Crippen molar-refractivity contribution in [2.24, 2.45) is 0 Å². The Kier molecular flexibility index (Phi) is 6.11. The van der Waals surface area contributed by atoms with Gasteiger partial charge in [0.2, 0.25) is 5.91 Å². The van der Waals surface area contributed by atoms with Gasteiger partial charge < -0.3 is 9.80 Å². The van der Waals surface area contributed by atoms with Gasteiger partial charge in [-0.05, 0) is 48.9 Å². The van der Waals surface area contributed by atoms with E-state index in [0.29, 0.717) is 10.8 Å². The Bertz CT molecular complexity index is 980. The number of nitrogens with zero attached hydrogens (tertiary/aromatic N) is 4. The molecule has 7 heteroatoms. The number of aryl methyl sites for hydroxylation is 1. The Morgan fingerprint density at radius 3 is 2.55 bits per heavy atom. The van der Waals surface area contributed by atoms with Crippen molar-refractivity contribution in [2.75, 3.05) is 36.8 Å². The molecule has 5 nitrogen and oxygen atoms in total. The maximum Gasteiger partial charge on any atom is 0.233 e. The third-order valence-electron chi connectivity index (χ3n) is 5.04. The van der Waals surface area contributed by atoms with Crippen LogP contribution in [0.1, 0.15) is 5.56 Å². The number of thioether (sulfide) groups is 1. The van der Waals surface area contributed by atoms with Gasteiger partial charge in [-0.1, -0.05) is 35.5 Å². The first-order valence-electron chi connectivity index (χ1n) is 9.61. The summed E-state index contributed by atoms with van der Waals surface area (Å²) < 4.78 is 1.98. The SMILES string of the molecule is Cc1cccc(N2CCN(C(=O)CSc3nccn3-c3ccc(Cl)cc3)CC2)c1. The first kappa shape index (κ1) is 19.9. The third kappa shape index (κ3) is 4.77. The van der Waals surface area contributed by atoms with Crippen LogP contribution >= 0.6 is 23.4 Å². The number of rotatable bonds is 5. The molecule has 0 radical (unpaired) electrons. The van der Waals surface area contributed by atoms with Crippen LogP contribution in [-0.2, 0) is 4.79 Å². The molecule has 0 bridgehead atoms. The summed E-state index contributed by atoms with van der Waals surface area (Å²) in [6.45, 7) is 5.32. The van der Waals surface area contributed by atoms with Crippen LogP contribution in [0.25, 0.3) is 5.69 Å². The molecule has 29 heavy (non-hydrogen) atoms. The van der Waals surface area contributed by atoms with Crippen LogP contribution in [0.4, 0.5) is 5.69 Å². The molecule has 0 spiro atoms. The van der Waals surface area contributed by atoms with Gasteiger partial charge in [0.25, 0.3) is 0 Å². The van der Waals surface area contributed by atoms with Crippen molar-refractivity contribution < 1.29 is 4.79 Å². The molecule has 1 amide bonds. The number of hydrogen-bond acceptors (Lipinski definition) is 4. The number of piperazine rings is 1. The average Bonchev–Trinajstić information content (AvgIpc) is 3.21. The molecule has 4 rings (SSSR count). The second-order valence-electron chi connectivity index (χ2n) is 7.05. The van der Waals surface area contributed by atoms with Crippen molar-refractivity contribution in [3.63, 3.8) is 0 Å². The topological polar surface area (TPSA) is 41.4 Å². The van der Waals surface area contributed by atoms with Crippen LogP contribution in [0, 0.1) is 6.92 Å². The van der Waals surface area contributed by atoms with Crippen molar-refractivity contribution in [2.45, 2.75) is 12.1 Å². The van der Waals surface area contributed by atoms with E-state index in [4.69, 9.17) is 11.6 Å². The van der Waals surface area contributed by atoms with Gasteiger partial charge in [-0.3, -0.25) is 9.36 Å². The molecule has 1 aliphatic rings. The van der Waals surface area contributed by atoms with Gasteiger partial charge >= 0.3 is 0 Å². The van der Waals surface area contributed by atoms with Gasteiger partial charge in [-0.2, -0.15) is 0 Å². The number of hydrogen-bond donors (Lipinski definition) is 0. The highest BCUT2D eigenvalue weighted by atomic mass is 35.5. The van der Waals surface area contributed by atoms with Crippen LogP contribution in [0.5, 0.6) is 0 Å². The summed E-state index contributed by atoms with van der Waals surface area (Å²) in [5.74, 6) is 0.541. The fourth-order valence-electron chi connectivity index (χ4n) is 3.45. The minimum Gasteiger partial charge on any atom is -0.368 e. The molecule has 0 saturated carbocycles. The Balaban J connectivity index is 1.32. The third-order valence-corrected chi connectivity index (χ3v) is 6.24. The van der Waals surface area contributed by atoms with Gasteiger partial charge in [0.15, 0.2) is 5.16 Å². The first-order chi connectivity index (χ1) is 14.1. The Hall–Kier alpha value is -2.44. The van der Waals surface area contributed by atoms with Crippen LogP contribution in [0.15, 0.2) is 66.1 Å². The standard InChI is InChI=1S/C22H23ClN4OS/c1-17-3-2-4-20(15-17)25-11-13-26(14-12-25)21(28)16-29-22-24-9-10-27(22)19-7-5-18(23)6-8-19/h2-10,15H,11-14,16H2,1H3. The normalized spacial score (nSPS) is 14.3. The van der Waals surface area contributed by atoms with Crippen molar-refractivity contribution in [3.8, 4) is 5.69 Å². The van der Waals surface area contributed by atoms with E-state index in [0.717, 1.165) is 37.0 Å². The number of imidazole rings is 1. The minimum atomic E-state index is 0.157. The zero-order chi connectivity index (χ0) is 20.2. The van der Waals surface area contributed by atoms with E-state index < -0.39 is 0 Å². The van der Waals surface area contributed by atoms with Gasteiger partial charge in [0.1, 0.15) is 0 Å². The van der Waals surface area contributed by atoms with E-state index in [1.54, 1.807) is 6.20 Å². The fourth-order valence-corrected chi connectivity index (χ4v) is 4.45. The first-order valence-corrected chi connectivity index (χ1v) is 11.0. The largest absolute Gasteiger partial charge is 0.368 e. The molecule has 150 valence electrons. The molecule has 2 heterocycles. The second-order valence-corrected chi connectivity index (χ2v) is 8.43. The van der Waals surface area contributed by atoms with Gasteiger partial charge in [-0.15, -0.1) is 0 Å². The predicted molar refractivity (Wildman–Crippen MR) is 119 cm³/mol. The van der Waals surface area contributed by atoms with Crippen LogP contribution in [0.2, 0.25) is 5.02 Å². The highest BCUT2D eigenvalue weighted by Gasteiger charge is 2.22. The number of carbonyl (C=O) groups is 1. The summed E-state index contributed by atoms with van der Waals surface area (Å²) in [5.41, 5.74) is 3.47. The van der Waals surface area contributed by atoms with Crippen molar-refractivity contribution in [3.05, 3.63) is 71.5 Å². The number of anilines is 1. The highest BCUT2D eigenvalue weighted by Crippen LogP contribution is 2.23. The number of benzene rings is 2. The molecule has 0 N–H and O–H groups in total. The monoisotopic (exact) mass is 426 g/mol. The van der Waals surface area contributed by atoms with Crippen LogP contribution < -0.4 is 4.90 Å². The maximum atomic E-state index is 12.7. The molecule has 0 unspecified atom stereocenters. The van der Waals surface area contributed by atoms with Crippen LogP contribution in [0.3, 0.4) is 0 Å². The molecule has 1 aromatic heterocycles. The van der Waals surface area contributed by atoms with Gasteiger partial charge in [0.05, 0.1) is 5.75 Å². The lowest BCUT2D eigenvalue weighted by Crippen LogP contribution is -2.49. The number of amides is 1. The molecule has 3 aromatic rings. The Labute approximate surface area is 180 Å². The average molecular weight is 427 g/mol. The summed E-state index contributed by atoms with van der Waals surface area (Å²) in [6, 6.07) is 16.1. The Morgan fingerprint density at radius 2 is 1.83 bits per heavy atom. The lowest BCUT2D eigenvalue weighted by Gasteiger charge is -2.36. The molecule has 2 aromatic carbocycles. The maximum absolute atomic E-state index is 12.7. The fraction of sp³-hybridized carbons (Fsp3) is 0.273. The number of halogens is 1. The molecule has 1 saturated heterocycles. The van der Waals surface area contributed by atoms with E-state index in [9.17, 15) is 4.79 Å². The summed E-state index contributed by atoms with van der Waals surface area (Å²) >= 11 is 7.44. The van der Waals surface area contributed by atoms with Gasteiger partial charge in [0, 0.05) is 55.0 Å². The lowest BCUT2D eigenvalue weighted by molar-refractivity contribution is -0.128. The van der Waals surface area contributed by atoms with E-state index in [-0.39, 0.29) is 5.91 Å². The summed E-state index contributed by atoms with van der Waals surface area (Å²) in [6.07, 6.45) is 3.65. The smallest absolute Gasteiger partial charge is 0.233 e. The summed E-state index contributed by atoms with van der Waals surface area (Å²) in [4.78, 5) is 21.4. The summed E-state index contributed by atoms with van der Waals surface area (Å²) in [7, 11) is 0. The number of carbonyl (C=O) groups excluding carboxylic acids is 1. The molecular formula is C22H23ClN4OS. The van der Waals surface area contributed by atoms with Crippen molar-refractivity contribution >= 4 is 35.0 Å². The van der Waals surface area contributed by atoms with E-state index >= 15 is 0 Å². The Morgan fingerprint density at radius 1 is 1.07 bits per heavy atom. The molecule has 0 atom stereocenters. The molecule has 1 fully saturated rings. The predicted octanol–water partition coefficient (Wildman–Crippen LogP) is 4.28. The van der Waals surface area contributed by atoms with Gasteiger partial charge in [-0.25, -0.2) is 4.98 Å². The number of aromatic nitrogens is 2. The second kappa shape index (κ2) is 8.93. The highest BCUT2D eigenvalue weighted by molar-refractivity contribution is 7.99. The van der Waals surface area contributed by atoms with E-state index in [1.165, 1.54) is 23.0 Å². The lowest BCUT2D eigenvalue weighted by atomic mass is 10.2. The minimum absolute atomic E-state index is 0.157. The van der Waals surface area contributed by atoms with Crippen molar-refractivity contribution in [1.29, 1.82) is 0 Å². The van der Waals surface area contributed by atoms with E-state index in [1.807, 2.05) is 39.9 Å². The zero-order valence-corrected chi connectivity index (χ0v) is 17.9. The molecule has 1 aliphatic heterocycles. The molecular weight excluding hydrogens is 404 g/mol. The molecule has 0 aliphatic carbocycles. The van der Waals surface area contributed by atoms with Crippen LogP contribution in [-0.4, -0.2) is 52.3 Å². The summed E-state index contributed by atoms with van der Waals surface area (Å²) in [5, 5.41) is 1.50. The van der Waals surface area contributed by atoms with E-state index in [2.05, 4.69) is 41.1 Å². The zero-order valence-electron chi connectivity index (χ0n) is 16.3.